The molecule has 0 spiro atoms. The van der Waals surface area contributed by atoms with E-state index in [4.69, 9.17) is 0 Å². The lowest BCUT2D eigenvalue weighted by Gasteiger charge is -2.19. The van der Waals surface area contributed by atoms with Crippen molar-refractivity contribution in [3.05, 3.63) is 24.3 Å². The van der Waals surface area contributed by atoms with Gasteiger partial charge in [0, 0.05) is 24.4 Å². The molecule has 1 N–H and O–H groups in total. The van der Waals surface area contributed by atoms with E-state index in [9.17, 15) is 9.59 Å². The smallest absolute Gasteiger partial charge is 0.242 e. The second-order valence-electron chi connectivity index (χ2n) is 5.07. The van der Waals surface area contributed by atoms with Crippen LogP contribution in [0.15, 0.2) is 34.2 Å². The van der Waals surface area contributed by atoms with Gasteiger partial charge in [0.2, 0.25) is 11.8 Å². The molecule has 22 heavy (non-hydrogen) atoms. The van der Waals surface area contributed by atoms with E-state index in [-0.39, 0.29) is 23.5 Å². The van der Waals surface area contributed by atoms with Crippen molar-refractivity contribution in [3.63, 3.8) is 0 Å². The normalized spacial score (nSPS) is 20.6. The highest BCUT2D eigenvalue weighted by Gasteiger charge is 2.39. The number of hydrogen-bond acceptors (Lipinski definition) is 5. The maximum Gasteiger partial charge on any atom is 0.242 e. The van der Waals surface area contributed by atoms with Gasteiger partial charge in [0.15, 0.2) is 5.17 Å². The minimum atomic E-state index is -0.349. The van der Waals surface area contributed by atoms with E-state index < -0.39 is 0 Å². The number of anilines is 1. The highest BCUT2D eigenvalue weighted by molar-refractivity contribution is 8.15. The highest BCUT2D eigenvalue weighted by Crippen LogP contribution is 2.32. The van der Waals surface area contributed by atoms with Gasteiger partial charge in [-0.15, -0.1) is 11.8 Å². The molecule has 0 bridgehead atoms. The molecule has 2 heterocycles. The molecule has 1 aromatic rings. The molecule has 1 aromatic carbocycles. The van der Waals surface area contributed by atoms with Crippen LogP contribution in [0.1, 0.15) is 12.8 Å². The van der Waals surface area contributed by atoms with Crippen molar-refractivity contribution in [1.82, 2.24) is 4.90 Å². The topological polar surface area (TPSA) is 61.8 Å². The Hall–Kier alpha value is -1.47. The third-order valence-electron chi connectivity index (χ3n) is 3.56. The minimum Gasteiger partial charge on any atom is -0.325 e. The first-order chi connectivity index (χ1) is 10.7. The maximum atomic E-state index is 12.3. The van der Waals surface area contributed by atoms with Crippen molar-refractivity contribution in [2.24, 2.45) is 4.99 Å². The Labute approximate surface area is 137 Å². The van der Waals surface area contributed by atoms with E-state index in [1.165, 1.54) is 11.8 Å². The van der Waals surface area contributed by atoms with E-state index in [0.29, 0.717) is 0 Å². The fourth-order valence-corrected chi connectivity index (χ4v) is 4.23. The van der Waals surface area contributed by atoms with E-state index in [1.54, 1.807) is 16.7 Å². The number of thioether (sulfide) groups is 2. The summed E-state index contributed by atoms with van der Waals surface area (Å²) in [5.74, 6) is -0.121. The number of amides is 2. The number of nitrogens with one attached hydrogen (secondary N) is 1. The van der Waals surface area contributed by atoms with E-state index in [1.807, 2.05) is 30.5 Å². The number of hydrogen-bond donors (Lipinski definition) is 1. The van der Waals surface area contributed by atoms with Gasteiger partial charge in [0.05, 0.1) is 5.69 Å². The van der Waals surface area contributed by atoms with Crippen LogP contribution < -0.4 is 5.32 Å². The van der Waals surface area contributed by atoms with E-state index in [2.05, 4.69) is 10.3 Å². The first kappa shape index (κ1) is 15.4. The Morgan fingerprint density at radius 3 is 3.09 bits per heavy atom. The number of benzene rings is 1. The number of para-hydroxylation sites is 1. The number of nitrogens with zero attached hydrogens (tertiary/aromatic N) is 2. The molecular formula is C15H17N3O2S2. The first-order valence-corrected chi connectivity index (χ1v) is 9.25. The number of aliphatic imine (C=N–C) groups is 1. The van der Waals surface area contributed by atoms with Crippen LogP contribution in [0.25, 0.3) is 0 Å². The van der Waals surface area contributed by atoms with Gasteiger partial charge in [0.1, 0.15) is 5.25 Å². The van der Waals surface area contributed by atoms with Crippen LogP contribution in [-0.4, -0.2) is 46.5 Å². The Morgan fingerprint density at radius 2 is 2.32 bits per heavy atom. The molecule has 2 aliphatic rings. The molecule has 0 saturated carbocycles. The van der Waals surface area contributed by atoms with Crippen LogP contribution in [0.3, 0.4) is 0 Å². The van der Waals surface area contributed by atoms with Gasteiger partial charge in [-0.3, -0.25) is 19.5 Å². The summed E-state index contributed by atoms with van der Waals surface area (Å²) in [6.07, 6.45) is 3.05. The third-order valence-corrected chi connectivity index (χ3v) is 5.57. The zero-order valence-corrected chi connectivity index (χ0v) is 13.9. The highest BCUT2D eigenvalue weighted by atomic mass is 32.2. The second-order valence-corrected chi connectivity index (χ2v) is 7.08. The molecule has 0 aliphatic carbocycles. The molecule has 7 heteroatoms. The molecule has 2 amide bonds. The minimum absolute atomic E-state index is 0.0109. The summed E-state index contributed by atoms with van der Waals surface area (Å²) in [6.45, 7) is 1.49. The Morgan fingerprint density at radius 1 is 1.50 bits per heavy atom. The third kappa shape index (κ3) is 3.15. The summed E-state index contributed by atoms with van der Waals surface area (Å²) < 4.78 is 0. The van der Waals surface area contributed by atoms with Crippen molar-refractivity contribution in [3.8, 4) is 0 Å². The van der Waals surface area contributed by atoms with Crippen molar-refractivity contribution < 1.29 is 9.59 Å². The number of carbonyl (C=O) groups excluding carboxylic acids is 2. The maximum absolute atomic E-state index is 12.3. The molecule has 2 aliphatic heterocycles. The first-order valence-electron chi connectivity index (χ1n) is 7.14. The van der Waals surface area contributed by atoms with E-state index >= 15 is 0 Å². The number of rotatable bonds is 4. The SMILES string of the molecule is CSc1ccccc1NC(=O)CC1SC2=NCCCN2C1=O. The summed E-state index contributed by atoms with van der Waals surface area (Å²) in [5, 5.41) is 3.33. The predicted molar refractivity (Wildman–Crippen MR) is 91.5 cm³/mol. The van der Waals surface area contributed by atoms with Crippen molar-refractivity contribution >= 4 is 46.2 Å². The largest absolute Gasteiger partial charge is 0.325 e. The lowest BCUT2D eigenvalue weighted by atomic mass is 10.2. The van der Waals surface area contributed by atoms with Gasteiger partial charge < -0.3 is 5.32 Å². The molecule has 1 unspecified atom stereocenters. The van der Waals surface area contributed by atoms with Crippen LogP contribution in [-0.2, 0) is 9.59 Å². The number of carbonyl (C=O) groups is 2. The second kappa shape index (κ2) is 6.75. The van der Waals surface area contributed by atoms with Gasteiger partial charge in [-0.05, 0) is 24.8 Å². The average molecular weight is 335 g/mol. The summed E-state index contributed by atoms with van der Waals surface area (Å²) in [6, 6.07) is 7.67. The van der Waals surface area contributed by atoms with Gasteiger partial charge in [-0.25, -0.2) is 0 Å². The summed E-state index contributed by atoms with van der Waals surface area (Å²) in [7, 11) is 0. The van der Waals surface area contributed by atoms with Crippen molar-refractivity contribution in [2.75, 3.05) is 24.7 Å². The predicted octanol–water partition coefficient (Wildman–Crippen LogP) is 2.44. The lowest BCUT2D eigenvalue weighted by molar-refractivity contribution is -0.128. The molecule has 1 atom stereocenters. The Kier molecular flexibility index (Phi) is 4.73. The number of fused-ring (bicyclic) bond motifs is 1. The van der Waals surface area contributed by atoms with Crippen LogP contribution >= 0.6 is 23.5 Å². The number of amidine groups is 1. The Balaban J connectivity index is 1.64. The zero-order chi connectivity index (χ0) is 15.5. The average Bonchev–Trinajstić information content (AvgIpc) is 2.84. The quantitative estimate of drug-likeness (QED) is 0.859. The van der Waals surface area contributed by atoms with Crippen molar-refractivity contribution in [2.45, 2.75) is 23.0 Å². The van der Waals surface area contributed by atoms with Gasteiger partial charge in [-0.2, -0.15) is 0 Å². The fourth-order valence-electron chi connectivity index (χ4n) is 2.49. The molecule has 1 fully saturated rings. The van der Waals surface area contributed by atoms with Gasteiger partial charge >= 0.3 is 0 Å². The fraction of sp³-hybridized carbons (Fsp3) is 0.400. The monoisotopic (exact) mass is 335 g/mol. The summed E-state index contributed by atoms with van der Waals surface area (Å²) in [5.41, 5.74) is 0.797. The van der Waals surface area contributed by atoms with Gasteiger partial charge in [-0.1, -0.05) is 23.9 Å². The van der Waals surface area contributed by atoms with Crippen LogP contribution in [0, 0.1) is 0 Å². The van der Waals surface area contributed by atoms with Crippen LogP contribution in [0.2, 0.25) is 0 Å². The molecular weight excluding hydrogens is 318 g/mol. The molecule has 5 nitrogen and oxygen atoms in total. The van der Waals surface area contributed by atoms with Gasteiger partial charge in [0.25, 0.3) is 0 Å². The molecule has 0 aromatic heterocycles. The summed E-state index contributed by atoms with van der Waals surface area (Å²) in [4.78, 5) is 31.6. The van der Waals surface area contributed by atoms with Crippen LogP contribution in [0.5, 0.6) is 0 Å². The molecule has 1 saturated heterocycles. The molecule has 116 valence electrons. The standard InChI is InChI=1S/C15H17N3O2S2/c1-21-11-6-3-2-5-10(11)17-13(19)9-12-14(20)18-8-4-7-16-15(18)22-12/h2-3,5-6,12H,4,7-9H2,1H3,(H,17,19). The van der Waals surface area contributed by atoms with E-state index in [0.717, 1.165) is 35.3 Å². The van der Waals surface area contributed by atoms with Crippen LogP contribution in [0.4, 0.5) is 5.69 Å². The van der Waals surface area contributed by atoms with Crippen molar-refractivity contribution in [1.29, 1.82) is 0 Å². The zero-order valence-electron chi connectivity index (χ0n) is 12.2. The lowest BCUT2D eigenvalue weighted by Crippen LogP contribution is -2.36. The summed E-state index contributed by atoms with van der Waals surface area (Å²) >= 11 is 2.99. The molecule has 0 radical (unpaired) electrons. The Bertz CT molecular complexity index is 633. The molecule has 3 rings (SSSR count).